The Morgan fingerprint density at radius 1 is 0.976 bits per heavy atom. The lowest BCUT2D eigenvalue weighted by Crippen LogP contribution is -2.42. The minimum atomic E-state index is -5.08. The lowest BCUT2D eigenvalue weighted by molar-refractivity contribution is -0.193. The minimum absolute atomic E-state index is 0.0430. The number of carboxylic acids is 2. The molecule has 0 aliphatic carbocycles. The number of carboxylic acid groups (broad SMARTS) is 2. The summed E-state index contributed by atoms with van der Waals surface area (Å²) in [6.07, 6.45) is -8.34. The molecule has 0 spiro atoms. The maximum atomic E-state index is 13.2. The summed E-state index contributed by atoms with van der Waals surface area (Å²) < 4.78 is 87.4. The predicted molar refractivity (Wildman–Crippen MR) is 129 cm³/mol. The fourth-order valence-corrected chi connectivity index (χ4v) is 4.61. The van der Waals surface area contributed by atoms with Crippen LogP contribution in [0.2, 0.25) is 0 Å². The summed E-state index contributed by atoms with van der Waals surface area (Å²) in [6.45, 7) is 8.05. The van der Waals surface area contributed by atoms with Crippen LogP contribution in [0.4, 0.5) is 30.7 Å². The molecule has 0 bridgehead atoms. The van der Waals surface area contributed by atoms with Gasteiger partial charge < -0.3 is 19.7 Å². The van der Waals surface area contributed by atoms with Crippen LogP contribution in [0, 0.1) is 17.2 Å². The van der Waals surface area contributed by atoms with Crippen molar-refractivity contribution in [2.45, 2.75) is 38.7 Å². The average Bonchev–Trinajstić information content (AvgIpc) is 3.12. The van der Waals surface area contributed by atoms with Gasteiger partial charge in [0.25, 0.3) is 0 Å². The zero-order valence-electron chi connectivity index (χ0n) is 22.4. The number of hydrogen-bond acceptors (Lipinski definition) is 7. The molecule has 0 radical (unpaired) electrons. The molecular weight excluding hydrogens is 573 g/mol. The van der Waals surface area contributed by atoms with Crippen LogP contribution in [0.15, 0.2) is 24.3 Å². The first-order valence-corrected chi connectivity index (χ1v) is 12.4. The van der Waals surface area contributed by atoms with Gasteiger partial charge in [0.15, 0.2) is 0 Å². The first-order chi connectivity index (χ1) is 19.0. The van der Waals surface area contributed by atoms with Crippen LogP contribution in [-0.4, -0.2) is 103 Å². The van der Waals surface area contributed by atoms with E-state index in [9.17, 15) is 35.5 Å². The quantitative estimate of drug-likeness (QED) is 0.353. The second-order valence-corrected chi connectivity index (χ2v) is 9.37. The SMILES string of the molecule is CCOC(=O)[C@]12CCCN(Cc3ccc(F)cc3)C[C@H]1CN(CCOC)C2.O=C(O)C(F)(F)F.O=C(O)C(F)(F)F. The van der Waals surface area contributed by atoms with Crippen LogP contribution >= 0.6 is 0 Å². The monoisotopic (exact) mass is 606 g/mol. The van der Waals surface area contributed by atoms with Crippen LogP contribution in [0.3, 0.4) is 0 Å². The topological polar surface area (TPSA) is 117 Å². The van der Waals surface area contributed by atoms with E-state index in [0.29, 0.717) is 13.2 Å². The molecular formula is C25H33F7N2O7. The predicted octanol–water partition coefficient (Wildman–Crippen LogP) is 3.82. The fourth-order valence-electron chi connectivity index (χ4n) is 4.61. The van der Waals surface area contributed by atoms with E-state index in [1.165, 1.54) is 12.1 Å². The van der Waals surface area contributed by atoms with Gasteiger partial charge in [0.2, 0.25) is 0 Å². The van der Waals surface area contributed by atoms with Gasteiger partial charge in [-0.3, -0.25) is 14.6 Å². The van der Waals surface area contributed by atoms with Gasteiger partial charge in [0, 0.05) is 45.8 Å². The molecule has 2 aliphatic rings. The standard InChI is InChI=1S/C21H31FN2O3.2C2HF3O2/c1-3-27-20(25)21-9-4-10-23(13-17-5-7-19(22)8-6-17)14-18(21)15-24(16-21)11-12-26-2;2*3-2(4,5)1(6)7/h5-8,18H,3-4,9-16H2,1-2H3;2*(H,6,7)/t18-,21-;;/m0../s1. The number of ether oxygens (including phenoxy) is 2. The van der Waals surface area contributed by atoms with Crippen molar-refractivity contribution in [3.63, 3.8) is 0 Å². The lowest BCUT2D eigenvalue weighted by atomic mass is 9.75. The van der Waals surface area contributed by atoms with E-state index >= 15 is 0 Å². The summed E-state index contributed by atoms with van der Waals surface area (Å²) in [6, 6.07) is 6.72. The first-order valence-electron chi connectivity index (χ1n) is 12.4. The fraction of sp³-hybridized carbons (Fsp3) is 0.640. The summed E-state index contributed by atoms with van der Waals surface area (Å²) in [4.78, 5) is 35.5. The van der Waals surface area contributed by atoms with Crippen molar-refractivity contribution in [2.24, 2.45) is 11.3 Å². The number of methoxy groups -OCH3 is 1. The number of rotatable bonds is 7. The Labute approximate surface area is 231 Å². The summed E-state index contributed by atoms with van der Waals surface area (Å²) in [5.41, 5.74) is 0.690. The van der Waals surface area contributed by atoms with Gasteiger partial charge in [-0.15, -0.1) is 0 Å². The number of carbonyl (C=O) groups excluding carboxylic acids is 1. The Bertz CT molecular complexity index is 966. The van der Waals surface area contributed by atoms with E-state index in [4.69, 9.17) is 29.3 Å². The largest absolute Gasteiger partial charge is 0.490 e. The third-order valence-corrected chi connectivity index (χ3v) is 6.44. The number of nitrogens with zero attached hydrogens (tertiary/aromatic N) is 2. The van der Waals surface area contributed by atoms with E-state index in [1.54, 1.807) is 7.11 Å². The smallest absolute Gasteiger partial charge is 0.475 e. The molecule has 2 heterocycles. The van der Waals surface area contributed by atoms with Crippen molar-refractivity contribution in [3.05, 3.63) is 35.6 Å². The number of benzene rings is 1. The molecule has 16 heteroatoms. The summed E-state index contributed by atoms with van der Waals surface area (Å²) in [7, 11) is 1.71. The maximum Gasteiger partial charge on any atom is 0.490 e. The Balaban J connectivity index is 0.000000497. The number of halogens is 7. The number of esters is 1. The summed E-state index contributed by atoms with van der Waals surface area (Å²) in [5, 5.41) is 14.2. The van der Waals surface area contributed by atoms with Gasteiger partial charge in [-0.1, -0.05) is 12.1 Å². The highest BCUT2D eigenvalue weighted by Gasteiger charge is 2.53. The second kappa shape index (κ2) is 15.9. The zero-order valence-corrected chi connectivity index (χ0v) is 22.4. The van der Waals surface area contributed by atoms with Crippen LogP contribution in [-0.2, 0) is 30.4 Å². The molecule has 2 fully saturated rings. The second-order valence-electron chi connectivity index (χ2n) is 9.37. The van der Waals surface area contributed by atoms with Crippen LogP contribution in [0.25, 0.3) is 0 Å². The van der Waals surface area contributed by atoms with Gasteiger partial charge >= 0.3 is 30.3 Å². The average molecular weight is 607 g/mol. The highest BCUT2D eigenvalue weighted by molar-refractivity contribution is 5.78. The highest BCUT2D eigenvalue weighted by atomic mass is 19.4. The number of likely N-dealkylation sites (tertiary alicyclic amines) is 2. The molecule has 3 rings (SSSR count). The molecule has 2 aliphatic heterocycles. The summed E-state index contributed by atoms with van der Waals surface area (Å²) in [5.74, 6) is -5.52. The molecule has 2 saturated heterocycles. The van der Waals surface area contributed by atoms with Crippen LogP contribution in [0.5, 0.6) is 0 Å². The van der Waals surface area contributed by atoms with E-state index in [2.05, 4.69) is 9.80 Å². The van der Waals surface area contributed by atoms with Gasteiger partial charge in [-0.05, 0) is 44.0 Å². The van der Waals surface area contributed by atoms with E-state index in [1.807, 2.05) is 19.1 Å². The third-order valence-electron chi connectivity index (χ3n) is 6.44. The van der Waals surface area contributed by atoms with Gasteiger partial charge in [0.1, 0.15) is 5.82 Å². The van der Waals surface area contributed by atoms with Crippen molar-refractivity contribution >= 4 is 17.9 Å². The molecule has 9 nitrogen and oxygen atoms in total. The molecule has 234 valence electrons. The summed E-state index contributed by atoms with van der Waals surface area (Å²) >= 11 is 0. The van der Waals surface area contributed by atoms with Gasteiger partial charge in [0.05, 0.1) is 18.6 Å². The van der Waals surface area contributed by atoms with Crippen LogP contribution in [0.1, 0.15) is 25.3 Å². The number of hydrogen-bond donors (Lipinski definition) is 2. The number of alkyl halides is 6. The lowest BCUT2D eigenvalue weighted by Gasteiger charge is -2.31. The first kappa shape index (κ1) is 36.0. The molecule has 0 aromatic heterocycles. The molecule has 0 amide bonds. The van der Waals surface area contributed by atoms with Crippen molar-refractivity contribution < 1.29 is 64.8 Å². The van der Waals surface area contributed by atoms with Crippen molar-refractivity contribution in [1.29, 1.82) is 0 Å². The number of aliphatic carboxylic acids is 2. The molecule has 0 saturated carbocycles. The third kappa shape index (κ3) is 11.8. The molecule has 0 unspecified atom stereocenters. The highest BCUT2D eigenvalue weighted by Crippen LogP contribution is 2.44. The Kier molecular flexibility index (Phi) is 13.9. The van der Waals surface area contributed by atoms with Gasteiger partial charge in [-0.2, -0.15) is 26.3 Å². The Morgan fingerprint density at radius 2 is 1.49 bits per heavy atom. The normalized spacial score (nSPS) is 21.3. The maximum absolute atomic E-state index is 13.2. The molecule has 2 N–H and O–H groups in total. The Hall–Kier alpha value is -2.98. The van der Waals surface area contributed by atoms with E-state index in [0.717, 1.165) is 57.7 Å². The van der Waals surface area contributed by atoms with E-state index in [-0.39, 0.29) is 17.7 Å². The zero-order chi connectivity index (χ0) is 31.4. The van der Waals surface area contributed by atoms with Crippen LogP contribution < -0.4 is 0 Å². The van der Waals surface area contributed by atoms with Crippen molar-refractivity contribution in [1.82, 2.24) is 9.80 Å². The van der Waals surface area contributed by atoms with E-state index < -0.39 is 29.7 Å². The van der Waals surface area contributed by atoms with Crippen molar-refractivity contribution in [3.8, 4) is 0 Å². The number of fused-ring (bicyclic) bond motifs is 1. The molecule has 1 aromatic carbocycles. The molecule has 2 atom stereocenters. The Morgan fingerprint density at radius 3 is 1.95 bits per heavy atom. The minimum Gasteiger partial charge on any atom is -0.475 e. The number of carbonyl (C=O) groups is 3. The molecule has 1 aromatic rings. The van der Waals surface area contributed by atoms with Crippen molar-refractivity contribution in [2.75, 3.05) is 53.0 Å². The van der Waals surface area contributed by atoms with Gasteiger partial charge in [-0.25, -0.2) is 14.0 Å². The molecule has 41 heavy (non-hydrogen) atoms.